The highest BCUT2D eigenvalue weighted by Crippen LogP contribution is 2.29. The first kappa shape index (κ1) is 17.1. The number of anilines is 1. The highest BCUT2D eigenvalue weighted by Gasteiger charge is 2.24. The predicted molar refractivity (Wildman–Crippen MR) is 86.8 cm³/mol. The normalized spacial score (nSPS) is 11.6. The number of aromatic carboxylic acids is 1. The summed E-state index contributed by atoms with van der Waals surface area (Å²) in [7, 11) is -4.27. The minimum Gasteiger partial charge on any atom is -0.545 e. The number of sulfonamides is 1. The van der Waals surface area contributed by atoms with E-state index in [1.807, 2.05) is 0 Å². The van der Waals surface area contributed by atoms with Gasteiger partial charge in [-0.25, -0.2) is 9.50 Å². The zero-order valence-electron chi connectivity index (χ0n) is 13.0. The third kappa shape index (κ3) is 3.01. The van der Waals surface area contributed by atoms with Gasteiger partial charge in [0.2, 0.25) is 0 Å². The Morgan fingerprint density at radius 3 is 2.64 bits per heavy atom. The van der Waals surface area contributed by atoms with Crippen LogP contribution in [0.4, 0.5) is 5.69 Å². The molecular formula is C14H11ClN5O4S-. The Kier molecular flexibility index (Phi) is 4.09. The van der Waals surface area contributed by atoms with E-state index in [0.29, 0.717) is 5.69 Å². The highest BCUT2D eigenvalue weighted by atomic mass is 35.5. The summed E-state index contributed by atoms with van der Waals surface area (Å²) < 4.78 is 28.6. The molecule has 0 saturated carbocycles. The first-order valence-corrected chi connectivity index (χ1v) is 8.78. The standard InChI is InChI=1S/C14H12ClN5O4S/c1-7-5-6-16-13-17-14(18-20(7)13)25(23,24)19-11-8(2)10(15)4-3-9(11)12(21)22/h3-6,19H,1-2H3,(H,21,22)/p-1. The van der Waals surface area contributed by atoms with Crippen LogP contribution in [-0.4, -0.2) is 34.0 Å². The van der Waals surface area contributed by atoms with Gasteiger partial charge in [-0.05, 0) is 37.6 Å². The minimum absolute atomic E-state index is 0.100. The molecule has 0 unspecified atom stereocenters. The number of carboxylic acids is 1. The number of halogens is 1. The molecule has 0 bridgehead atoms. The van der Waals surface area contributed by atoms with Crippen LogP contribution in [0.3, 0.4) is 0 Å². The van der Waals surface area contributed by atoms with Crippen molar-refractivity contribution in [1.29, 1.82) is 0 Å². The second kappa shape index (κ2) is 5.97. The number of carbonyl (C=O) groups excluding carboxylic acids is 1. The molecule has 1 N–H and O–H groups in total. The van der Waals surface area contributed by atoms with Gasteiger partial charge in [-0.2, -0.15) is 13.4 Å². The Morgan fingerprint density at radius 2 is 2.00 bits per heavy atom. The lowest BCUT2D eigenvalue weighted by atomic mass is 10.1. The number of aromatic nitrogens is 4. The van der Waals surface area contributed by atoms with E-state index >= 15 is 0 Å². The molecule has 0 atom stereocenters. The fraction of sp³-hybridized carbons (Fsp3) is 0.143. The maximum absolute atomic E-state index is 12.6. The van der Waals surface area contributed by atoms with Gasteiger partial charge >= 0.3 is 0 Å². The van der Waals surface area contributed by atoms with Crippen LogP contribution < -0.4 is 9.83 Å². The molecule has 3 aromatic rings. The van der Waals surface area contributed by atoms with E-state index in [4.69, 9.17) is 11.6 Å². The Morgan fingerprint density at radius 1 is 1.28 bits per heavy atom. The fourth-order valence-corrected chi connectivity index (χ4v) is 3.34. The first-order chi connectivity index (χ1) is 11.7. The number of aryl methyl sites for hydroxylation is 1. The molecule has 0 saturated heterocycles. The Bertz CT molecular complexity index is 1110. The van der Waals surface area contributed by atoms with E-state index < -0.39 is 21.1 Å². The molecule has 0 aliphatic carbocycles. The first-order valence-electron chi connectivity index (χ1n) is 6.92. The molecule has 2 aromatic heterocycles. The van der Waals surface area contributed by atoms with E-state index in [0.717, 1.165) is 6.07 Å². The molecule has 3 rings (SSSR count). The number of hydrogen-bond acceptors (Lipinski definition) is 7. The minimum atomic E-state index is -4.27. The highest BCUT2D eigenvalue weighted by molar-refractivity contribution is 7.92. The molecule has 0 radical (unpaired) electrons. The van der Waals surface area contributed by atoms with Gasteiger partial charge in [0.25, 0.3) is 21.0 Å². The molecule has 0 spiro atoms. The van der Waals surface area contributed by atoms with Crippen molar-refractivity contribution >= 4 is 39.1 Å². The number of carbonyl (C=O) groups is 1. The summed E-state index contributed by atoms with van der Waals surface area (Å²) in [4.78, 5) is 19.1. The molecule has 1 aromatic carbocycles. The van der Waals surface area contributed by atoms with E-state index in [2.05, 4.69) is 19.8 Å². The van der Waals surface area contributed by atoms with Crippen LogP contribution in [0.25, 0.3) is 5.78 Å². The number of carboxylic acid groups (broad SMARTS) is 1. The van der Waals surface area contributed by atoms with Crippen molar-refractivity contribution in [3.8, 4) is 0 Å². The zero-order valence-corrected chi connectivity index (χ0v) is 14.6. The van der Waals surface area contributed by atoms with E-state index in [1.54, 1.807) is 13.0 Å². The molecule has 11 heteroatoms. The van der Waals surface area contributed by atoms with Gasteiger partial charge in [-0.3, -0.25) is 4.72 Å². The van der Waals surface area contributed by atoms with Gasteiger partial charge in [0.15, 0.2) is 0 Å². The topological polar surface area (TPSA) is 129 Å². The molecule has 130 valence electrons. The van der Waals surface area contributed by atoms with Gasteiger partial charge in [0.1, 0.15) is 0 Å². The van der Waals surface area contributed by atoms with Crippen LogP contribution in [0.1, 0.15) is 21.6 Å². The van der Waals surface area contributed by atoms with E-state index in [1.165, 1.54) is 23.7 Å². The number of nitrogens with zero attached hydrogens (tertiary/aromatic N) is 4. The molecule has 0 amide bonds. The number of nitrogens with one attached hydrogen (secondary N) is 1. The van der Waals surface area contributed by atoms with Crippen molar-refractivity contribution in [2.45, 2.75) is 19.0 Å². The quantitative estimate of drug-likeness (QED) is 0.699. The summed E-state index contributed by atoms with van der Waals surface area (Å²) in [6.45, 7) is 3.19. The van der Waals surface area contributed by atoms with Crippen molar-refractivity contribution in [3.63, 3.8) is 0 Å². The van der Waals surface area contributed by atoms with E-state index in [9.17, 15) is 18.3 Å². The monoisotopic (exact) mass is 380 g/mol. The van der Waals surface area contributed by atoms with Crippen molar-refractivity contribution in [2.24, 2.45) is 0 Å². The van der Waals surface area contributed by atoms with Crippen molar-refractivity contribution in [1.82, 2.24) is 19.6 Å². The molecule has 9 nitrogen and oxygen atoms in total. The zero-order chi connectivity index (χ0) is 18.4. The number of hydrogen-bond donors (Lipinski definition) is 1. The second-order valence-electron chi connectivity index (χ2n) is 5.18. The van der Waals surface area contributed by atoms with Gasteiger partial charge in [0.05, 0.1) is 11.7 Å². The Labute approximate surface area is 147 Å². The van der Waals surface area contributed by atoms with Crippen molar-refractivity contribution in [2.75, 3.05) is 4.72 Å². The van der Waals surface area contributed by atoms with Crippen LogP contribution >= 0.6 is 11.6 Å². The summed E-state index contributed by atoms with van der Waals surface area (Å²) in [6, 6.07) is 4.14. The smallest absolute Gasteiger partial charge is 0.299 e. The van der Waals surface area contributed by atoms with Gasteiger partial charge in [-0.15, -0.1) is 5.10 Å². The predicted octanol–water partition coefficient (Wildman–Crippen LogP) is 0.559. The summed E-state index contributed by atoms with van der Waals surface area (Å²) in [5, 5.41) is 14.8. The maximum Gasteiger partial charge on any atom is 0.299 e. The lowest BCUT2D eigenvalue weighted by Crippen LogP contribution is -2.25. The third-order valence-electron chi connectivity index (χ3n) is 3.51. The third-order valence-corrected chi connectivity index (χ3v) is 5.04. The summed E-state index contributed by atoms with van der Waals surface area (Å²) >= 11 is 5.96. The van der Waals surface area contributed by atoms with Crippen LogP contribution in [0.15, 0.2) is 29.6 Å². The van der Waals surface area contributed by atoms with Crippen LogP contribution in [0.5, 0.6) is 0 Å². The van der Waals surface area contributed by atoms with Crippen LogP contribution in [0.2, 0.25) is 5.02 Å². The van der Waals surface area contributed by atoms with Gasteiger partial charge < -0.3 is 9.90 Å². The summed E-state index contributed by atoms with van der Waals surface area (Å²) in [6.07, 6.45) is 1.47. The van der Waals surface area contributed by atoms with Gasteiger partial charge in [-0.1, -0.05) is 11.6 Å². The van der Waals surface area contributed by atoms with Crippen molar-refractivity contribution < 1.29 is 18.3 Å². The molecular weight excluding hydrogens is 370 g/mol. The Hall–Kier alpha value is -2.72. The van der Waals surface area contributed by atoms with Crippen LogP contribution in [0, 0.1) is 13.8 Å². The SMILES string of the molecule is Cc1c(Cl)ccc(C(=O)[O-])c1NS(=O)(=O)c1nc2nccc(C)n2n1. The number of rotatable bonds is 4. The van der Waals surface area contributed by atoms with Crippen molar-refractivity contribution in [3.05, 3.63) is 46.2 Å². The Balaban J connectivity index is 2.12. The summed E-state index contributed by atoms with van der Waals surface area (Å²) in [5.74, 6) is -1.44. The fourth-order valence-electron chi connectivity index (χ4n) is 2.17. The largest absolute Gasteiger partial charge is 0.545 e. The average molecular weight is 381 g/mol. The summed E-state index contributed by atoms with van der Waals surface area (Å²) in [5.41, 5.74) is 0.331. The molecule has 25 heavy (non-hydrogen) atoms. The number of benzene rings is 1. The lowest BCUT2D eigenvalue weighted by Gasteiger charge is -2.15. The molecule has 0 aliphatic heterocycles. The average Bonchev–Trinajstić information content (AvgIpc) is 2.98. The molecule has 0 aliphatic rings. The molecule has 2 heterocycles. The lowest BCUT2D eigenvalue weighted by molar-refractivity contribution is -0.254. The molecule has 0 fully saturated rings. The van der Waals surface area contributed by atoms with Crippen LogP contribution in [-0.2, 0) is 10.0 Å². The maximum atomic E-state index is 12.6. The second-order valence-corrected chi connectivity index (χ2v) is 7.16. The number of fused-ring (bicyclic) bond motifs is 1. The van der Waals surface area contributed by atoms with Gasteiger partial charge in [0, 0.05) is 22.5 Å². The van der Waals surface area contributed by atoms with E-state index in [-0.39, 0.29) is 27.6 Å².